The molecule has 1 heterocycles. The van der Waals surface area contributed by atoms with Crippen molar-refractivity contribution in [1.82, 2.24) is 0 Å². The molecule has 1 atom stereocenters. The molecule has 4 nitrogen and oxygen atoms in total. The monoisotopic (exact) mass is 329 g/mol. The molecule has 3 rings (SSSR count). The number of fused-ring (bicyclic) bond motifs is 1. The molecule has 1 aliphatic rings. The molecule has 7 heteroatoms. The Morgan fingerprint density at radius 3 is 2.40 bits per heavy atom. The maximum atomic E-state index is 12.5. The standard InChI is InChI=1S/C13H9Cl2NO3S/c14-8-6-10(15)12-11(7-8)20(18,19)16(13(12)17)9-4-2-1-3-5-9/h1-7,13,17H. The van der Waals surface area contributed by atoms with Gasteiger partial charge in [0.2, 0.25) is 0 Å². The highest BCUT2D eigenvalue weighted by molar-refractivity contribution is 7.93. The number of hydrogen-bond donors (Lipinski definition) is 1. The summed E-state index contributed by atoms with van der Waals surface area (Å²) in [7, 11) is -3.88. The molecule has 0 bridgehead atoms. The summed E-state index contributed by atoms with van der Waals surface area (Å²) in [5.74, 6) is 0. The van der Waals surface area contributed by atoms with Crippen LogP contribution in [0.4, 0.5) is 5.69 Å². The van der Waals surface area contributed by atoms with Crippen LogP contribution in [0.3, 0.4) is 0 Å². The van der Waals surface area contributed by atoms with Crippen molar-refractivity contribution in [1.29, 1.82) is 0 Å². The molecule has 0 saturated heterocycles. The Hall–Kier alpha value is -1.27. The highest BCUT2D eigenvalue weighted by atomic mass is 35.5. The number of aliphatic hydroxyl groups excluding tert-OH is 1. The minimum absolute atomic E-state index is 0.0636. The van der Waals surface area contributed by atoms with Crippen LogP contribution in [0.25, 0.3) is 0 Å². The lowest BCUT2D eigenvalue weighted by molar-refractivity contribution is 0.193. The normalized spacial score (nSPS) is 19.9. The van der Waals surface area contributed by atoms with E-state index in [1.165, 1.54) is 12.1 Å². The Morgan fingerprint density at radius 2 is 1.75 bits per heavy atom. The molecule has 0 radical (unpaired) electrons. The maximum Gasteiger partial charge on any atom is 0.267 e. The van der Waals surface area contributed by atoms with E-state index in [-0.39, 0.29) is 20.5 Å². The first-order chi connectivity index (χ1) is 9.43. The van der Waals surface area contributed by atoms with Gasteiger partial charge >= 0.3 is 0 Å². The third-order valence-electron chi connectivity index (χ3n) is 3.08. The smallest absolute Gasteiger partial charge is 0.267 e. The van der Waals surface area contributed by atoms with Crippen LogP contribution in [0.1, 0.15) is 11.8 Å². The van der Waals surface area contributed by atoms with Crippen molar-refractivity contribution < 1.29 is 13.5 Å². The van der Waals surface area contributed by atoms with E-state index in [1.807, 2.05) is 0 Å². The summed E-state index contributed by atoms with van der Waals surface area (Å²) in [6.07, 6.45) is -1.36. The van der Waals surface area contributed by atoms with Crippen molar-refractivity contribution in [3.05, 3.63) is 58.1 Å². The number of halogens is 2. The molecule has 0 spiro atoms. The van der Waals surface area contributed by atoms with Gasteiger partial charge in [-0.15, -0.1) is 0 Å². The largest absolute Gasteiger partial charge is 0.368 e. The number of benzene rings is 2. The van der Waals surface area contributed by atoms with Crippen LogP contribution in [-0.2, 0) is 10.0 Å². The summed E-state index contributed by atoms with van der Waals surface area (Å²) in [5.41, 5.74) is 0.517. The number of para-hydroxylation sites is 1. The van der Waals surface area contributed by atoms with Gasteiger partial charge in [-0.3, -0.25) is 0 Å². The number of rotatable bonds is 1. The highest BCUT2D eigenvalue weighted by Crippen LogP contribution is 2.45. The average molecular weight is 330 g/mol. The minimum atomic E-state index is -3.88. The summed E-state index contributed by atoms with van der Waals surface area (Å²) >= 11 is 11.9. The van der Waals surface area contributed by atoms with Crippen molar-refractivity contribution in [3.8, 4) is 0 Å². The lowest BCUT2D eigenvalue weighted by atomic mass is 10.2. The molecule has 1 aliphatic heterocycles. The number of anilines is 1. The van der Waals surface area contributed by atoms with E-state index < -0.39 is 16.3 Å². The van der Waals surface area contributed by atoms with Gasteiger partial charge < -0.3 is 5.11 Å². The van der Waals surface area contributed by atoms with Crippen LogP contribution in [0, 0.1) is 0 Å². The van der Waals surface area contributed by atoms with Crippen LogP contribution in [0.15, 0.2) is 47.4 Å². The molecule has 2 aromatic rings. The third kappa shape index (κ3) is 1.90. The fraction of sp³-hybridized carbons (Fsp3) is 0.0769. The van der Waals surface area contributed by atoms with E-state index in [0.29, 0.717) is 5.69 Å². The fourth-order valence-electron chi connectivity index (χ4n) is 2.23. The van der Waals surface area contributed by atoms with E-state index in [2.05, 4.69) is 0 Å². The summed E-state index contributed by atoms with van der Waals surface area (Å²) in [6, 6.07) is 11.0. The summed E-state index contributed by atoms with van der Waals surface area (Å²) in [6.45, 7) is 0. The van der Waals surface area contributed by atoms with Crippen molar-refractivity contribution in [2.75, 3.05) is 4.31 Å². The van der Waals surface area contributed by atoms with Gasteiger partial charge in [0, 0.05) is 10.6 Å². The second kappa shape index (κ2) is 4.63. The zero-order chi connectivity index (χ0) is 14.5. The van der Waals surface area contributed by atoms with E-state index in [0.717, 1.165) is 4.31 Å². The van der Waals surface area contributed by atoms with E-state index in [1.54, 1.807) is 30.3 Å². The zero-order valence-electron chi connectivity index (χ0n) is 9.99. The zero-order valence-corrected chi connectivity index (χ0v) is 12.3. The van der Waals surface area contributed by atoms with Crippen LogP contribution in [-0.4, -0.2) is 13.5 Å². The first-order valence-electron chi connectivity index (χ1n) is 5.69. The van der Waals surface area contributed by atoms with Gasteiger partial charge in [-0.1, -0.05) is 41.4 Å². The summed E-state index contributed by atoms with van der Waals surface area (Å²) in [4.78, 5) is -0.0636. The summed E-state index contributed by atoms with van der Waals surface area (Å²) < 4.78 is 26.0. The van der Waals surface area contributed by atoms with Gasteiger partial charge in [0.1, 0.15) is 0 Å². The fourth-order valence-corrected chi connectivity index (χ4v) is 4.70. The van der Waals surface area contributed by atoms with Gasteiger partial charge in [0.05, 0.1) is 15.6 Å². The molecule has 0 amide bonds. The Bertz CT molecular complexity index is 778. The van der Waals surface area contributed by atoms with Crippen molar-refractivity contribution in [3.63, 3.8) is 0 Å². The Morgan fingerprint density at radius 1 is 1.10 bits per heavy atom. The molecule has 0 saturated carbocycles. The predicted octanol–water partition coefficient (Wildman–Crippen LogP) is 3.19. The molecule has 104 valence electrons. The number of aliphatic hydroxyl groups is 1. The van der Waals surface area contributed by atoms with E-state index in [9.17, 15) is 13.5 Å². The van der Waals surface area contributed by atoms with Crippen molar-refractivity contribution >= 4 is 38.9 Å². The highest BCUT2D eigenvalue weighted by Gasteiger charge is 2.43. The number of sulfonamides is 1. The third-order valence-corrected chi connectivity index (χ3v) is 5.44. The maximum absolute atomic E-state index is 12.5. The van der Waals surface area contributed by atoms with Crippen LogP contribution in [0.2, 0.25) is 10.0 Å². The average Bonchev–Trinajstić information content (AvgIpc) is 2.58. The van der Waals surface area contributed by atoms with Crippen LogP contribution >= 0.6 is 23.2 Å². The van der Waals surface area contributed by atoms with Gasteiger partial charge in [-0.05, 0) is 24.3 Å². The van der Waals surface area contributed by atoms with Gasteiger partial charge in [0.15, 0.2) is 6.23 Å². The summed E-state index contributed by atoms with van der Waals surface area (Å²) in [5, 5.41) is 10.7. The Kier molecular flexibility index (Phi) is 3.17. The SMILES string of the molecule is O=S1(=O)c2cc(Cl)cc(Cl)c2C(O)N1c1ccccc1. The molecule has 0 fully saturated rings. The number of hydrogen-bond acceptors (Lipinski definition) is 3. The second-order valence-corrected chi connectivity index (χ2v) is 6.94. The lowest BCUT2D eigenvalue weighted by Gasteiger charge is -2.21. The van der Waals surface area contributed by atoms with Crippen molar-refractivity contribution in [2.24, 2.45) is 0 Å². The lowest BCUT2D eigenvalue weighted by Crippen LogP contribution is -2.27. The second-order valence-electron chi connectivity index (χ2n) is 4.31. The minimum Gasteiger partial charge on any atom is -0.368 e. The van der Waals surface area contributed by atoms with Gasteiger partial charge in [-0.25, -0.2) is 12.7 Å². The molecule has 1 unspecified atom stereocenters. The molecular weight excluding hydrogens is 321 g/mol. The molecule has 2 aromatic carbocycles. The topological polar surface area (TPSA) is 57.6 Å². The molecule has 20 heavy (non-hydrogen) atoms. The Balaban J connectivity index is 2.27. The first kappa shape index (κ1) is 13.7. The van der Waals surface area contributed by atoms with E-state index in [4.69, 9.17) is 23.2 Å². The van der Waals surface area contributed by atoms with Gasteiger partial charge in [0.25, 0.3) is 10.0 Å². The van der Waals surface area contributed by atoms with Crippen LogP contribution in [0.5, 0.6) is 0 Å². The molecular formula is C13H9Cl2NO3S. The Labute approximate surface area is 126 Å². The van der Waals surface area contributed by atoms with Crippen LogP contribution < -0.4 is 4.31 Å². The van der Waals surface area contributed by atoms with E-state index >= 15 is 0 Å². The molecule has 0 aromatic heterocycles. The molecule has 0 aliphatic carbocycles. The van der Waals surface area contributed by atoms with Gasteiger partial charge in [-0.2, -0.15) is 0 Å². The number of nitrogens with zero attached hydrogens (tertiary/aromatic N) is 1. The van der Waals surface area contributed by atoms with Crippen molar-refractivity contribution in [2.45, 2.75) is 11.1 Å². The quantitative estimate of drug-likeness (QED) is 0.874. The molecule has 1 N–H and O–H groups in total. The first-order valence-corrected chi connectivity index (χ1v) is 7.89. The predicted molar refractivity (Wildman–Crippen MR) is 77.5 cm³/mol.